The van der Waals surface area contributed by atoms with Crippen molar-refractivity contribution in [1.29, 1.82) is 0 Å². The molecule has 7 nitrogen and oxygen atoms in total. The number of carbonyl (C=O) groups excluding carboxylic acids is 1. The largest absolute Gasteiger partial charge is 0.375 e. The van der Waals surface area contributed by atoms with Crippen molar-refractivity contribution in [1.82, 2.24) is 20.4 Å². The molecule has 0 radical (unpaired) electrons. The van der Waals surface area contributed by atoms with Gasteiger partial charge in [-0.2, -0.15) is 4.98 Å². The van der Waals surface area contributed by atoms with E-state index in [2.05, 4.69) is 15.5 Å². The zero-order valence-corrected chi connectivity index (χ0v) is 13.1. The van der Waals surface area contributed by atoms with Gasteiger partial charge in [0.15, 0.2) is 5.82 Å². The standard InChI is InChI=1S/C15H24N4O3/c1-21-10-13-17-14(18-22-13)11-7-8-19(9-11)15(20)16-12-5-3-2-4-6-12/h11-12H,2-10H2,1H3,(H,16,20). The maximum atomic E-state index is 12.3. The summed E-state index contributed by atoms with van der Waals surface area (Å²) in [5.74, 6) is 1.33. The Morgan fingerprint density at radius 2 is 2.18 bits per heavy atom. The van der Waals surface area contributed by atoms with Crippen molar-refractivity contribution in [2.45, 2.75) is 57.1 Å². The highest BCUT2D eigenvalue weighted by Crippen LogP contribution is 2.25. The smallest absolute Gasteiger partial charge is 0.317 e. The third-order valence-electron chi connectivity index (χ3n) is 4.52. The first kappa shape index (κ1) is 15.3. The molecule has 1 N–H and O–H groups in total. The van der Waals surface area contributed by atoms with Gasteiger partial charge in [0.05, 0.1) is 0 Å². The number of methoxy groups -OCH3 is 1. The number of nitrogens with zero attached hydrogens (tertiary/aromatic N) is 3. The molecule has 7 heteroatoms. The van der Waals surface area contributed by atoms with Crippen LogP contribution in [0.15, 0.2) is 4.52 Å². The highest BCUT2D eigenvalue weighted by molar-refractivity contribution is 5.75. The lowest BCUT2D eigenvalue weighted by Gasteiger charge is -2.26. The van der Waals surface area contributed by atoms with E-state index in [1.54, 1.807) is 7.11 Å². The van der Waals surface area contributed by atoms with Crippen molar-refractivity contribution >= 4 is 6.03 Å². The summed E-state index contributed by atoms with van der Waals surface area (Å²) in [6.07, 6.45) is 6.82. The number of ether oxygens (including phenoxy) is 1. The summed E-state index contributed by atoms with van der Waals surface area (Å²) in [4.78, 5) is 18.5. The van der Waals surface area contributed by atoms with Gasteiger partial charge in [-0.05, 0) is 19.3 Å². The first-order chi connectivity index (χ1) is 10.8. The van der Waals surface area contributed by atoms with E-state index in [4.69, 9.17) is 9.26 Å². The topological polar surface area (TPSA) is 80.5 Å². The minimum atomic E-state index is 0.0509. The Balaban J connectivity index is 1.51. The zero-order chi connectivity index (χ0) is 15.4. The maximum absolute atomic E-state index is 12.3. The van der Waals surface area contributed by atoms with Crippen LogP contribution in [-0.4, -0.2) is 47.3 Å². The fourth-order valence-corrected chi connectivity index (χ4v) is 3.28. The fraction of sp³-hybridized carbons (Fsp3) is 0.800. The van der Waals surface area contributed by atoms with Gasteiger partial charge in [-0.1, -0.05) is 24.4 Å². The minimum Gasteiger partial charge on any atom is -0.375 e. The van der Waals surface area contributed by atoms with Gasteiger partial charge in [0, 0.05) is 32.2 Å². The number of rotatable bonds is 4. The molecule has 1 aliphatic heterocycles. The minimum absolute atomic E-state index is 0.0509. The van der Waals surface area contributed by atoms with Gasteiger partial charge in [-0.15, -0.1) is 0 Å². The summed E-state index contributed by atoms with van der Waals surface area (Å²) in [7, 11) is 1.59. The Morgan fingerprint density at radius 1 is 1.36 bits per heavy atom. The van der Waals surface area contributed by atoms with E-state index in [-0.39, 0.29) is 11.9 Å². The van der Waals surface area contributed by atoms with Crippen LogP contribution in [0.25, 0.3) is 0 Å². The molecule has 0 spiro atoms. The molecule has 1 aliphatic carbocycles. The van der Waals surface area contributed by atoms with E-state index in [0.29, 0.717) is 30.9 Å². The van der Waals surface area contributed by atoms with E-state index in [1.807, 2.05) is 4.90 Å². The van der Waals surface area contributed by atoms with Gasteiger partial charge in [-0.25, -0.2) is 4.79 Å². The number of urea groups is 1. The summed E-state index contributed by atoms with van der Waals surface area (Å²) >= 11 is 0. The van der Waals surface area contributed by atoms with Gasteiger partial charge < -0.3 is 19.5 Å². The number of likely N-dealkylation sites (tertiary alicyclic amines) is 1. The van der Waals surface area contributed by atoms with E-state index in [1.165, 1.54) is 19.3 Å². The van der Waals surface area contributed by atoms with Crippen molar-refractivity contribution in [2.75, 3.05) is 20.2 Å². The molecular weight excluding hydrogens is 284 g/mol. The van der Waals surface area contributed by atoms with Crippen molar-refractivity contribution in [3.63, 3.8) is 0 Å². The molecule has 2 heterocycles. The fourth-order valence-electron chi connectivity index (χ4n) is 3.28. The molecule has 2 fully saturated rings. The van der Waals surface area contributed by atoms with Crippen molar-refractivity contribution in [3.05, 3.63) is 11.7 Å². The first-order valence-electron chi connectivity index (χ1n) is 8.13. The Bertz CT molecular complexity index is 499. The van der Waals surface area contributed by atoms with Crippen LogP contribution in [0.1, 0.15) is 56.2 Å². The van der Waals surface area contributed by atoms with Crippen LogP contribution in [-0.2, 0) is 11.3 Å². The molecule has 1 unspecified atom stereocenters. The molecule has 22 heavy (non-hydrogen) atoms. The zero-order valence-electron chi connectivity index (χ0n) is 13.1. The molecule has 1 atom stereocenters. The number of carbonyl (C=O) groups is 1. The van der Waals surface area contributed by atoms with Crippen LogP contribution in [0.4, 0.5) is 4.79 Å². The molecule has 0 aromatic carbocycles. The lowest BCUT2D eigenvalue weighted by Crippen LogP contribution is -2.44. The number of nitrogens with one attached hydrogen (secondary N) is 1. The number of aromatic nitrogens is 2. The van der Waals surface area contributed by atoms with E-state index in [0.717, 1.165) is 25.8 Å². The molecule has 2 aliphatic rings. The van der Waals surface area contributed by atoms with E-state index >= 15 is 0 Å². The van der Waals surface area contributed by atoms with Gasteiger partial charge in [0.1, 0.15) is 6.61 Å². The van der Waals surface area contributed by atoms with E-state index < -0.39 is 0 Å². The second-order valence-corrected chi connectivity index (χ2v) is 6.20. The van der Waals surface area contributed by atoms with Gasteiger partial charge in [0.25, 0.3) is 5.89 Å². The average Bonchev–Trinajstić information content (AvgIpc) is 3.17. The molecule has 1 aromatic heterocycles. The molecule has 122 valence electrons. The van der Waals surface area contributed by atoms with Crippen LogP contribution in [0.3, 0.4) is 0 Å². The predicted octanol–water partition coefficient (Wildman–Crippen LogP) is 2.05. The molecule has 2 amide bonds. The third kappa shape index (κ3) is 3.58. The summed E-state index contributed by atoms with van der Waals surface area (Å²) < 4.78 is 10.1. The second kappa shape index (κ2) is 7.09. The number of hydrogen-bond acceptors (Lipinski definition) is 5. The first-order valence-corrected chi connectivity index (χ1v) is 8.13. The normalized spacial score (nSPS) is 23.0. The Hall–Kier alpha value is -1.63. The highest BCUT2D eigenvalue weighted by atomic mass is 16.5. The number of hydrogen-bond donors (Lipinski definition) is 1. The lowest BCUT2D eigenvalue weighted by molar-refractivity contribution is 0.151. The molecular formula is C15H24N4O3. The molecule has 1 saturated carbocycles. The third-order valence-corrected chi connectivity index (χ3v) is 4.52. The van der Waals surface area contributed by atoms with Crippen LogP contribution in [0, 0.1) is 0 Å². The quantitative estimate of drug-likeness (QED) is 0.920. The molecule has 0 bridgehead atoms. The summed E-state index contributed by atoms with van der Waals surface area (Å²) in [6.45, 7) is 1.73. The Morgan fingerprint density at radius 3 is 2.95 bits per heavy atom. The summed E-state index contributed by atoms with van der Waals surface area (Å²) in [5.41, 5.74) is 0. The number of amides is 2. The monoisotopic (exact) mass is 308 g/mol. The average molecular weight is 308 g/mol. The molecule has 1 aromatic rings. The Kier molecular flexibility index (Phi) is 4.92. The molecule has 1 saturated heterocycles. The van der Waals surface area contributed by atoms with Crippen LogP contribution < -0.4 is 5.32 Å². The van der Waals surface area contributed by atoms with Crippen molar-refractivity contribution in [3.8, 4) is 0 Å². The summed E-state index contributed by atoms with van der Waals surface area (Å²) in [5, 5.41) is 7.16. The second-order valence-electron chi connectivity index (χ2n) is 6.20. The lowest BCUT2D eigenvalue weighted by atomic mass is 9.96. The van der Waals surface area contributed by atoms with E-state index in [9.17, 15) is 4.79 Å². The predicted molar refractivity (Wildman–Crippen MR) is 79.3 cm³/mol. The van der Waals surface area contributed by atoms with Gasteiger partial charge in [-0.3, -0.25) is 0 Å². The Labute approximate surface area is 130 Å². The van der Waals surface area contributed by atoms with Gasteiger partial charge in [0.2, 0.25) is 0 Å². The summed E-state index contributed by atoms with van der Waals surface area (Å²) in [6, 6.07) is 0.397. The van der Waals surface area contributed by atoms with Crippen LogP contribution in [0.2, 0.25) is 0 Å². The van der Waals surface area contributed by atoms with Crippen molar-refractivity contribution in [2.24, 2.45) is 0 Å². The highest BCUT2D eigenvalue weighted by Gasteiger charge is 2.31. The molecule has 3 rings (SSSR count). The van der Waals surface area contributed by atoms with Gasteiger partial charge >= 0.3 is 6.03 Å². The maximum Gasteiger partial charge on any atom is 0.317 e. The van der Waals surface area contributed by atoms with Crippen molar-refractivity contribution < 1.29 is 14.1 Å². The SMILES string of the molecule is COCc1nc(C2CCN(C(=O)NC3CCCCC3)C2)no1. The van der Waals surface area contributed by atoms with Crippen LogP contribution in [0.5, 0.6) is 0 Å². The van der Waals surface area contributed by atoms with Crippen LogP contribution >= 0.6 is 0 Å².